The molecule has 0 heterocycles. The summed E-state index contributed by atoms with van der Waals surface area (Å²) in [5, 5.41) is 12.1. The summed E-state index contributed by atoms with van der Waals surface area (Å²) in [5.41, 5.74) is 1.59. The highest BCUT2D eigenvalue weighted by Gasteiger charge is 2.21. The first-order valence-electron chi connectivity index (χ1n) is 6.44. The number of hydrogen-bond donors (Lipinski definition) is 1. The standard InChI is InChI=1S/C15H21NO2/c1-3-4-10-15(17)14(12(2)16-18)11-13-8-6-5-7-9-13/h5-9,14,18H,3-4,10-11H2,1-2H3/b16-12-. The number of nitrogens with zero attached hydrogens (tertiary/aromatic N) is 1. The Balaban J connectivity index is 2.76. The third-order valence-corrected chi connectivity index (χ3v) is 3.11. The Morgan fingerprint density at radius 1 is 1.33 bits per heavy atom. The van der Waals surface area contributed by atoms with Crippen molar-refractivity contribution in [1.82, 2.24) is 0 Å². The second kappa shape index (κ2) is 7.64. The lowest BCUT2D eigenvalue weighted by Crippen LogP contribution is -2.24. The van der Waals surface area contributed by atoms with Crippen LogP contribution in [-0.4, -0.2) is 16.7 Å². The van der Waals surface area contributed by atoms with Crippen molar-refractivity contribution in [2.24, 2.45) is 11.1 Å². The molecule has 1 N–H and O–H groups in total. The van der Waals surface area contributed by atoms with E-state index in [0.717, 1.165) is 18.4 Å². The van der Waals surface area contributed by atoms with Crippen molar-refractivity contribution in [1.29, 1.82) is 0 Å². The van der Waals surface area contributed by atoms with E-state index in [0.29, 0.717) is 18.6 Å². The molecule has 1 rings (SSSR count). The van der Waals surface area contributed by atoms with Crippen LogP contribution in [0.1, 0.15) is 38.7 Å². The molecule has 0 spiro atoms. The molecule has 0 fully saturated rings. The molecule has 0 amide bonds. The molecule has 0 aromatic heterocycles. The minimum Gasteiger partial charge on any atom is -0.411 e. The van der Waals surface area contributed by atoms with Gasteiger partial charge >= 0.3 is 0 Å². The van der Waals surface area contributed by atoms with E-state index in [1.807, 2.05) is 30.3 Å². The zero-order chi connectivity index (χ0) is 13.4. The summed E-state index contributed by atoms with van der Waals surface area (Å²) in [4.78, 5) is 12.1. The van der Waals surface area contributed by atoms with Gasteiger partial charge in [-0.05, 0) is 25.3 Å². The van der Waals surface area contributed by atoms with Gasteiger partial charge in [-0.2, -0.15) is 0 Å². The van der Waals surface area contributed by atoms with Gasteiger partial charge in [0.1, 0.15) is 5.78 Å². The smallest absolute Gasteiger partial charge is 0.142 e. The van der Waals surface area contributed by atoms with E-state index < -0.39 is 0 Å². The van der Waals surface area contributed by atoms with Crippen LogP contribution in [0.2, 0.25) is 0 Å². The van der Waals surface area contributed by atoms with Gasteiger partial charge in [0.2, 0.25) is 0 Å². The van der Waals surface area contributed by atoms with Crippen LogP contribution in [0.4, 0.5) is 0 Å². The molecule has 3 heteroatoms. The Morgan fingerprint density at radius 3 is 2.56 bits per heavy atom. The molecule has 98 valence electrons. The summed E-state index contributed by atoms with van der Waals surface area (Å²) in [7, 11) is 0. The molecule has 0 saturated heterocycles. The fourth-order valence-electron chi connectivity index (χ4n) is 1.94. The molecule has 0 bridgehead atoms. The first-order valence-corrected chi connectivity index (χ1v) is 6.44. The highest BCUT2D eigenvalue weighted by molar-refractivity contribution is 6.03. The second-order valence-electron chi connectivity index (χ2n) is 4.55. The van der Waals surface area contributed by atoms with Crippen LogP contribution in [0.5, 0.6) is 0 Å². The summed E-state index contributed by atoms with van der Waals surface area (Å²) in [6.07, 6.45) is 3.06. The summed E-state index contributed by atoms with van der Waals surface area (Å²) >= 11 is 0. The van der Waals surface area contributed by atoms with Gasteiger partial charge in [-0.3, -0.25) is 4.79 Å². The number of carbonyl (C=O) groups is 1. The van der Waals surface area contributed by atoms with Crippen LogP contribution in [0.3, 0.4) is 0 Å². The van der Waals surface area contributed by atoms with E-state index in [-0.39, 0.29) is 11.7 Å². The Kier molecular flexibility index (Phi) is 6.12. The summed E-state index contributed by atoms with van der Waals surface area (Å²) < 4.78 is 0. The Bertz CT molecular complexity index is 398. The second-order valence-corrected chi connectivity index (χ2v) is 4.55. The van der Waals surface area contributed by atoms with Gasteiger partial charge in [-0.1, -0.05) is 48.8 Å². The fraction of sp³-hybridized carbons (Fsp3) is 0.467. The molecule has 1 aromatic carbocycles. The summed E-state index contributed by atoms with van der Waals surface area (Å²) in [6.45, 7) is 3.77. The van der Waals surface area contributed by atoms with E-state index in [4.69, 9.17) is 5.21 Å². The topological polar surface area (TPSA) is 49.7 Å². The average Bonchev–Trinajstić information content (AvgIpc) is 2.42. The van der Waals surface area contributed by atoms with E-state index in [9.17, 15) is 4.79 Å². The molecule has 0 saturated carbocycles. The van der Waals surface area contributed by atoms with Crippen molar-refractivity contribution in [3.05, 3.63) is 35.9 Å². The molecular weight excluding hydrogens is 226 g/mol. The largest absolute Gasteiger partial charge is 0.411 e. The van der Waals surface area contributed by atoms with Gasteiger partial charge in [0.25, 0.3) is 0 Å². The lowest BCUT2D eigenvalue weighted by Gasteiger charge is -2.14. The van der Waals surface area contributed by atoms with Crippen LogP contribution in [0.15, 0.2) is 35.5 Å². The lowest BCUT2D eigenvalue weighted by atomic mass is 9.89. The molecule has 0 aliphatic rings. The summed E-state index contributed by atoms with van der Waals surface area (Å²) in [5.74, 6) is -0.139. The minimum atomic E-state index is -0.302. The van der Waals surface area contributed by atoms with E-state index in [1.165, 1.54) is 0 Å². The molecule has 0 radical (unpaired) electrons. The number of Topliss-reactive ketones (excluding diaryl/α,β-unsaturated/α-hetero) is 1. The first-order chi connectivity index (χ1) is 8.69. The maximum absolute atomic E-state index is 12.1. The number of carbonyl (C=O) groups excluding carboxylic acids is 1. The quantitative estimate of drug-likeness (QED) is 0.456. The molecule has 1 unspecified atom stereocenters. The van der Waals surface area contributed by atoms with Crippen molar-refractivity contribution >= 4 is 11.5 Å². The molecule has 0 aliphatic heterocycles. The number of unbranched alkanes of at least 4 members (excludes halogenated alkanes) is 1. The molecule has 1 aromatic rings. The van der Waals surface area contributed by atoms with E-state index >= 15 is 0 Å². The Labute approximate surface area is 109 Å². The lowest BCUT2D eigenvalue weighted by molar-refractivity contribution is -0.121. The molecule has 18 heavy (non-hydrogen) atoms. The maximum Gasteiger partial charge on any atom is 0.142 e. The molecule has 0 aliphatic carbocycles. The predicted octanol–water partition coefficient (Wildman–Crippen LogP) is 3.45. The van der Waals surface area contributed by atoms with Crippen LogP contribution >= 0.6 is 0 Å². The fourth-order valence-corrected chi connectivity index (χ4v) is 1.94. The van der Waals surface area contributed by atoms with Gasteiger partial charge in [0.05, 0.1) is 11.6 Å². The SMILES string of the molecule is CCCCC(=O)C(Cc1ccccc1)/C(C)=N\O. The van der Waals surface area contributed by atoms with Crippen molar-refractivity contribution in [3.63, 3.8) is 0 Å². The highest BCUT2D eigenvalue weighted by atomic mass is 16.4. The maximum atomic E-state index is 12.1. The third-order valence-electron chi connectivity index (χ3n) is 3.11. The molecule has 1 atom stereocenters. The van der Waals surface area contributed by atoms with Gasteiger partial charge in [-0.25, -0.2) is 0 Å². The number of benzene rings is 1. The van der Waals surface area contributed by atoms with Crippen LogP contribution in [0.25, 0.3) is 0 Å². The van der Waals surface area contributed by atoms with Gasteiger partial charge in [-0.15, -0.1) is 0 Å². The van der Waals surface area contributed by atoms with Crippen molar-refractivity contribution in [2.45, 2.75) is 39.5 Å². The number of ketones is 1. The monoisotopic (exact) mass is 247 g/mol. The average molecular weight is 247 g/mol. The van der Waals surface area contributed by atoms with Crippen molar-refractivity contribution in [3.8, 4) is 0 Å². The third kappa shape index (κ3) is 4.32. The highest BCUT2D eigenvalue weighted by Crippen LogP contribution is 2.15. The van der Waals surface area contributed by atoms with E-state index in [1.54, 1.807) is 6.92 Å². The Morgan fingerprint density at radius 2 is 2.00 bits per heavy atom. The van der Waals surface area contributed by atoms with Crippen molar-refractivity contribution in [2.75, 3.05) is 0 Å². The zero-order valence-electron chi connectivity index (χ0n) is 11.1. The molecule has 3 nitrogen and oxygen atoms in total. The molecular formula is C15H21NO2. The van der Waals surface area contributed by atoms with Crippen molar-refractivity contribution < 1.29 is 10.0 Å². The van der Waals surface area contributed by atoms with Crippen LogP contribution in [0, 0.1) is 5.92 Å². The van der Waals surface area contributed by atoms with Crippen LogP contribution in [-0.2, 0) is 11.2 Å². The Hall–Kier alpha value is -1.64. The van der Waals surface area contributed by atoms with Crippen LogP contribution < -0.4 is 0 Å². The zero-order valence-corrected chi connectivity index (χ0v) is 11.1. The minimum absolute atomic E-state index is 0.163. The summed E-state index contributed by atoms with van der Waals surface area (Å²) in [6, 6.07) is 9.84. The number of oxime groups is 1. The van der Waals surface area contributed by atoms with E-state index in [2.05, 4.69) is 12.1 Å². The normalized spacial score (nSPS) is 13.3. The predicted molar refractivity (Wildman–Crippen MR) is 73.1 cm³/mol. The van der Waals surface area contributed by atoms with Gasteiger partial charge < -0.3 is 5.21 Å². The van der Waals surface area contributed by atoms with Gasteiger partial charge in [0, 0.05) is 6.42 Å². The van der Waals surface area contributed by atoms with Gasteiger partial charge in [0.15, 0.2) is 0 Å². The number of rotatable bonds is 7. The first kappa shape index (κ1) is 14.4. The number of hydrogen-bond acceptors (Lipinski definition) is 3.